The molecule has 0 aromatic carbocycles. The molecule has 1 fully saturated rings. The molecule has 2 nitrogen and oxygen atoms in total. The lowest BCUT2D eigenvalue weighted by Crippen LogP contribution is -2.03. The molecule has 0 unspecified atom stereocenters. The third-order valence-corrected chi connectivity index (χ3v) is 0.957. The van der Waals surface area contributed by atoms with E-state index in [1.165, 1.54) is 25.9 Å². The Kier molecular flexibility index (Phi) is 4.38. The summed E-state index contributed by atoms with van der Waals surface area (Å²) in [4.78, 5) is 0. The maximum atomic E-state index is 9.91. The Morgan fingerprint density at radius 2 is 1.40 bits per heavy atom. The average molecular weight is 157 g/mol. The van der Waals surface area contributed by atoms with Gasteiger partial charge in [-0.15, -0.1) is 13.2 Å². The first-order valence-corrected chi connectivity index (χ1v) is 3.00. The number of aliphatic hydroxyl groups is 1. The molecule has 62 valence electrons. The summed E-state index contributed by atoms with van der Waals surface area (Å²) in [7, 11) is 0. The highest BCUT2D eigenvalue weighted by atomic mass is 19.4. The van der Waals surface area contributed by atoms with E-state index in [1.54, 1.807) is 0 Å². The van der Waals surface area contributed by atoms with E-state index >= 15 is 0 Å². The van der Waals surface area contributed by atoms with Gasteiger partial charge in [-0.1, -0.05) is 0 Å². The lowest BCUT2D eigenvalue weighted by Gasteiger charge is -1.86. The summed E-state index contributed by atoms with van der Waals surface area (Å²) in [5, 5.41) is 9.74. The molecule has 10 heavy (non-hydrogen) atoms. The number of rotatable bonds is 0. The SMILES string of the molecule is C1CCNC1.OC(F)(F)F. The third-order valence-electron chi connectivity index (χ3n) is 0.957. The highest BCUT2D eigenvalue weighted by molar-refractivity contribution is 4.55. The minimum atomic E-state index is -5.00. The second kappa shape index (κ2) is 4.51. The number of nitrogens with one attached hydrogen (secondary N) is 1. The van der Waals surface area contributed by atoms with Gasteiger partial charge in [-0.05, 0) is 25.9 Å². The van der Waals surface area contributed by atoms with Crippen molar-refractivity contribution in [2.24, 2.45) is 0 Å². The predicted molar refractivity (Wildman–Crippen MR) is 30.4 cm³/mol. The molecule has 1 aliphatic rings. The Labute approximate surface area is 57.0 Å². The number of hydrogen-bond acceptors (Lipinski definition) is 2. The van der Waals surface area contributed by atoms with E-state index in [0.29, 0.717) is 0 Å². The Morgan fingerprint density at radius 3 is 1.50 bits per heavy atom. The number of hydrogen-bond donors (Lipinski definition) is 2. The van der Waals surface area contributed by atoms with Crippen LogP contribution in [0.2, 0.25) is 0 Å². The molecule has 0 saturated carbocycles. The van der Waals surface area contributed by atoms with Gasteiger partial charge in [-0.25, -0.2) is 0 Å². The average Bonchev–Trinajstić information content (AvgIpc) is 2.07. The fourth-order valence-corrected chi connectivity index (χ4v) is 0.625. The topological polar surface area (TPSA) is 32.3 Å². The van der Waals surface area contributed by atoms with Gasteiger partial charge >= 0.3 is 6.36 Å². The van der Waals surface area contributed by atoms with Crippen molar-refractivity contribution in [3.63, 3.8) is 0 Å². The van der Waals surface area contributed by atoms with Crippen LogP contribution in [0.5, 0.6) is 0 Å². The third kappa shape index (κ3) is 15.6. The molecule has 0 amide bonds. The van der Waals surface area contributed by atoms with Crippen LogP contribution in [0, 0.1) is 0 Å². The summed E-state index contributed by atoms with van der Waals surface area (Å²) in [6.45, 7) is 2.50. The van der Waals surface area contributed by atoms with Crippen LogP contribution in [0.15, 0.2) is 0 Å². The molecule has 2 N–H and O–H groups in total. The molecule has 0 bridgehead atoms. The molecule has 0 atom stereocenters. The van der Waals surface area contributed by atoms with E-state index in [-0.39, 0.29) is 0 Å². The van der Waals surface area contributed by atoms with Crippen LogP contribution in [0.1, 0.15) is 12.8 Å². The summed E-state index contributed by atoms with van der Waals surface area (Å²) in [5.74, 6) is 0. The first-order valence-electron chi connectivity index (χ1n) is 3.00. The zero-order valence-corrected chi connectivity index (χ0v) is 5.41. The zero-order valence-electron chi connectivity index (χ0n) is 5.41. The minimum absolute atomic E-state index is 1.25. The predicted octanol–water partition coefficient (Wildman–Crippen LogP) is 0.868. The van der Waals surface area contributed by atoms with E-state index in [2.05, 4.69) is 5.32 Å². The normalized spacial score (nSPS) is 18.0. The van der Waals surface area contributed by atoms with Gasteiger partial charge in [0, 0.05) is 0 Å². The van der Waals surface area contributed by atoms with Crippen molar-refractivity contribution in [1.82, 2.24) is 5.32 Å². The summed E-state index contributed by atoms with van der Waals surface area (Å²) < 4.78 is 29.7. The van der Waals surface area contributed by atoms with E-state index in [4.69, 9.17) is 5.11 Å². The standard InChI is InChI=1S/C4H9N.CHF3O/c1-2-4-5-3-1;2-1(3,4)5/h5H,1-4H2;5H. The molecular formula is C5H10F3NO. The quantitative estimate of drug-likeness (QED) is 0.546. The second-order valence-corrected chi connectivity index (χ2v) is 1.92. The van der Waals surface area contributed by atoms with Gasteiger partial charge in [0.15, 0.2) is 0 Å². The van der Waals surface area contributed by atoms with Crippen molar-refractivity contribution in [3.05, 3.63) is 0 Å². The smallest absolute Gasteiger partial charge is 0.317 e. The fourth-order valence-electron chi connectivity index (χ4n) is 0.625. The fraction of sp³-hybridized carbons (Fsp3) is 1.00. The van der Waals surface area contributed by atoms with Crippen LogP contribution in [0.3, 0.4) is 0 Å². The maximum absolute atomic E-state index is 9.91. The number of halogens is 3. The van der Waals surface area contributed by atoms with Crippen molar-refractivity contribution in [2.45, 2.75) is 19.2 Å². The van der Waals surface area contributed by atoms with Crippen LogP contribution in [0.25, 0.3) is 0 Å². The molecule has 1 rings (SSSR count). The Bertz CT molecular complexity index is 65.8. The summed E-state index contributed by atoms with van der Waals surface area (Å²) in [5.41, 5.74) is 0. The van der Waals surface area contributed by atoms with Gasteiger partial charge in [0.05, 0.1) is 0 Å². The van der Waals surface area contributed by atoms with E-state index in [0.717, 1.165) is 0 Å². The van der Waals surface area contributed by atoms with Crippen LogP contribution >= 0.6 is 0 Å². The lowest BCUT2D eigenvalue weighted by molar-refractivity contribution is -0.295. The molecule has 1 saturated heterocycles. The van der Waals surface area contributed by atoms with E-state index in [9.17, 15) is 13.2 Å². The molecule has 0 radical (unpaired) electrons. The number of alkyl halides is 3. The molecule has 0 spiro atoms. The molecule has 0 aromatic rings. The highest BCUT2D eigenvalue weighted by Gasteiger charge is 2.20. The van der Waals surface area contributed by atoms with Crippen LogP contribution in [0.4, 0.5) is 13.2 Å². The Balaban J connectivity index is 0.000000162. The van der Waals surface area contributed by atoms with Gasteiger partial charge in [-0.3, -0.25) is 0 Å². The Hall–Kier alpha value is -0.290. The minimum Gasteiger partial charge on any atom is -0.317 e. The van der Waals surface area contributed by atoms with Gasteiger partial charge in [0.25, 0.3) is 0 Å². The summed E-state index contributed by atoms with van der Waals surface area (Å²) in [6, 6.07) is 0. The van der Waals surface area contributed by atoms with Crippen molar-refractivity contribution in [3.8, 4) is 0 Å². The molecule has 0 aliphatic carbocycles. The van der Waals surface area contributed by atoms with Gasteiger partial charge < -0.3 is 10.4 Å². The van der Waals surface area contributed by atoms with E-state index in [1.807, 2.05) is 0 Å². The molecular weight excluding hydrogens is 147 g/mol. The Morgan fingerprint density at radius 1 is 1.10 bits per heavy atom. The highest BCUT2D eigenvalue weighted by Crippen LogP contribution is 2.06. The van der Waals surface area contributed by atoms with Crippen LogP contribution in [-0.4, -0.2) is 24.6 Å². The van der Waals surface area contributed by atoms with Crippen molar-refractivity contribution in [1.29, 1.82) is 0 Å². The van der Waals surface area contributed by atoms with Gasteiger partial charge in [-0.2, -0.15) is 0 Å². The second-order valence-electron chi connectivity index (χ2n) is 1.92. The molecule has 5 heteroatoms. The molecule has 1 heterocycles. The first-order chi connectivity index (χ1) is 4.50. The summed E-state index contributed by atoms with van der Waals surface area (Å²) >= 11 is 0. The molecule has 1 aliphatic heterocycles. The monoisotopic (exact) mass is 157 g/mol. The van der Waals surface area contributed by atoms with Crippen molar-refractivity contribution < 1.29 is 18.3 Å². The largest absolute Gasteiger partial charge is 0.519 e. The molecule has 0 aromatic heterocycles. The maximum Gasteiger partial charge on any atom is 0.519 e. The van der Waals surface area contributed by atoms with Crippen LogP contribution in [-0.2, 0) is 0 Å². The van der Waals surface area contributed by atoms with Gasteiger partial charge in [0.2, 0.25) is 0 Å². The zero-order chi connectivity index (χ0) is 8.04. The van der Waals surface area contributed by atoms with E-state index < -0.39 is 6.36 Å². The van der Waals surface area contributed by atoms with Crippen LogP contribution < -0.4 is 5.32 Å². The van der Waals surface area contributed by atoms with Crippen molar-refractivity contribution >= 4 is 0 Å². The lowest BCUT2D eigenvalue weighted by atomic mass is 10.4. The van der Waals surface area contributed by atoms with Gasteiger partial charge in [0.1, 0.15) is 0 Å². The van der Waals surface area contributed by atoms with Crippen molar-refractivity contribution in [2.75, 3.05) is 13.1 Å². The first kappa shape index (κ1) is 9.71. The summed E-state index contributed by atoms with van der Waals surface area (Å²) in [6.07, 6.45) is -2.22.